The highest BCUT2D eigenvalue weighted by molar-refractivity contribution is 7.98. The lowest BCUT2D eigenvalue weighted by molar-refractivity contribution is -0.139. The molecule has 1 unspecified atom stereocenters. The Kier molecular flexibility index (Phi) is 9.19. The van der Waals surface area contributed by atoms with Crippen molar-refractivity contribution in [2.24, 2.45) is 0 Å². The molecule has 0 aromatic heterocycles. The van der Waals surface area contributed by atoms with Crippen LogP contribution in [0.15, 0.2) is 0 Å². The van der Waals surface area contributed by atoms with Crippen LogP contribution in [-0.2, 0) is 9.53 Å². The number of carbonyl (C=O) groups is 1. The molecule has 0 fully saturated rings. The first-order valence-electron chi connectivity index (χ1n) is 5.27. The van der Waals surface area contributed by atoms with Crippen molar-refractivity contribution < 1.29 is 9.53 Å². The lowest BCUT2D eigenvalue weighted by atomic mass is 10.1. The van der Waals surface area contributed by atoms with Crippen LogP contribution in [0.25, 0.3) is 0 Å². The smallest absolute Gasteiger partial charge is 0.317 e. The number of nitrogens with one attached hydrogen (secondary N) is 1. The largest absolute Gasteiger partial charge is 0.465 e. The van der Waals surface area contributed by atoms with Crippen molar-refractivity contribution >= 4 is 17.9 Å². The summed E-state index contributed by atoms with van der Waals surface area (Å²) in [6.45, 7) is 6.60. The maximum absolute atomic E-state index is 11.0. The quantitative estimate of drug-likeness (QED) is 0.502. The van der Waals surface area contributed by atoms with Crippen LogP contribution in [-0.4, -0.2) is 24.4 Å². The van der Waals surface area contributed by atoms with Crippen molar-refractivity contribution in [2.45, 2.75) is 46.1 Å². The molecule has 0 spiro atoms. The molecule has 0 saturated carbocycles. The topological polar surface area (TPSA) is 38.3 Å². The maximum atomic E-state index is 11.0. The zero-order chi connectivity index (χ0) is 10.8. The van der Waals surface area contributed by atoms with Gasteiger partial charge in [0.15, 0.2) is 0 Å². The van der Waals surface area contributed by atoms with Gasteiger partial charge in [-0.1, -0.05) is 32.2 Å². The summed E-state index contributed by atoms with van der Waals surface area (Å²) in [4.78, 5) is 11.0. The van der Waals surface area contributed by atoms with Crippen molar-refractivity contribution in [1.82, 2.24) is 4.72 Å². The number of hydrogen-bond donors (Lipinski definition) is 1. The van der Waals surface area contributed by atoms with Crippen molar-refractivity contribution in [3.63, 3.8) is 0 Å². The molecule has 14 heavy (non-hydrogen) atoms. The lowest BCUT2D eigenvalue weighted by Crippen LogP contribution is -2.23. The van der Waals surface area contributed by atoms with Crippen LogP contribution in [0.2, 0.25) is 0 Å². The molecule has 0 bridgehead atoms. The predicted octanol–water partition coefficient (Wildman–Crippen LogP) is 2.37. The molecule has 1 atom stereocenters. The number of carbonyl (C=O) groups excluding carboxylic acids is 1. The van der Waals surface area contributed by atoms with E-state index in [1.54, 1.807) is 0 Å². The Labute approximate surface area is 91.1 Å². The summed E-state index contributed by atoms with van der Waals surface area (Å²) < 4.78 is 8.09. The summed E-state index contributed by atoms with van der Waals surface area (Å²) in [6.07, 6.45) is 3.43. The summed E-state index contributed by atoms with van der Waals surface area (Å²) in [5.41, 5.74) is 0. The van der Waals surface area contributed by atoms with Gasteiger partial charge in [-0.15, -0.1) is 0 Å². The van der Waals surface area contributed by atoms with Crippen LogP contribution in [0.4, 0.5) is 0 Å². The van der Waals surface area contributed by atoms with E-state index in [4.69, 9.17) is 4.74 Å². The summed E-state index contributed by atoms with van der Waals surface area (Å²) >= 11 is 1.45. The van der Waals surface area contributed by atoms with E-state index >= 15 is 0 Å². The second-order valence-electron chi connectivity index (χ2n) is 3.11. The van der Waals surface area contributed by atoms with Gasteiger partial charge >= 0.3 is 5.97 Å². The van der Waals surface area contributed by atoms with Gasteiger partial charge in [-0.25, -0.2) is 0 Å². The molecule has 0 rings (SSSR count). The third kappa shape index (κ3) is 7.21. The van der Waals surface area contributed by atoms with Crippen LogP contribution in [0.1, 0.15) is 40.0 Å². The molecule has 0 aliphatic heterocycles. The monoisotopic (exact) mass is 219 g/mol. The molecule has 0 aromatic rings. The summed E-state index contributed by atoms with van der Waals surface area (Å²) in [5.74, 6) is 0.255. The Hall–Kier alpha value is -0.220. The van der Waals surface area contributed by atoms with Crippen LogP contribution >= 0.6 is 11.9 Å². The molecule has 4 heteroatoms. The average molecular weight is 219 g/mol. The number of rotatable bonds is 8. The van der Waals surface area contributed by atoms with E-state index in [0.717, 1.165) is 12.8 Å². The molecular weight excluding hydrogens is 198 g/mol. The van der Waals surface area contributed by atoms with E-state index in [-0.39, 0.29) is 5.97 Å². The Morgan fingerprint density at radius 3 is 2.64 bits per heavy atom. The van der Waals surface area contributed by atoms with Crippen molar-refractivity contribution in [1.29, 1.82) is 0 Å². The van der Waals surface area contributed by atoms with Crippen LogP contribution in [0, 0.1) is 0 Å². The van der Waals surface area contributed by atoms with Gasteiger partial charge in [0.1, 0.15) is 5.75 Å². The fraction of sp³-hybridized carbons (Fsp3) is 0.900. The third-order valence-corrected chi connectivity index (χ3v) is 2.76. The van der Waals surface area contributed by atoms with E-state index in [1.807, 2.05) is 6.92 Å². The minimum absolute atomic E-state index is 0.142. The first kappa shape index (κ1) is 13.8. The van der Waals surface area contributed by atoms with Crippen molar-refractivity contribution in [3.05, 3.63) is 0 Å². The second kappa shape index (κ2) is 9.34. The van der Waals surface area contributed by atoms with Gasteiger partial charge in [0.2, 0.25) is 0 Å². The van der Waals surface area contributed by atoms with Gasteiger partial charge in [0.25, 0.3) is 0 Å². The molecule has 0 aliphatic carbocycles. The molecule has 0 saturated heterocycles. The van der Waals surface area contributed by atoms with E-state index in [9.17, 15) is 4.79 Å². The average Bonchev–Trinajstić information content (AvgIpc) is 2.17. The fourth-order valence-corrected chi connectivity index (χ4v) is 1.92. The summed E-state index contributed by atoms with van der Waals surface area (Å²) in [7, 11) is 0. The fourth-order valence-electron chi connectivity index (χ4n) is 1.12. The Morgan fingerprint density at radius 2 is 2.14 bits per heavy atom. The Balaban J connectivity index is 3.45. The number of esters is 1. The highest BCUT2D eigenvalue weighted by Crippen LogP contribution is 2.06. The normalized spacial score (nSPS) is 12.5. The zero-order valence-electron chi connectivity index (χ0n) is 9.34. The predicted molar refractivity (Wildman–Crippen MR) is 61.2 cm³/mol. The Bertz CT molecular complexity index is 153. The van der Waals surface area contributed by atoms with Crippen molar-refractivity contribution in [3.8, 4) is 0 Å². The maximum Gasteiger partial charge on any atom is 0.317 e. The summed E-state index contributed by atoms with van der Waals surface area (Å²) in [6, 6.07) is 0.513. The van der Waals surface area contributed by atoms with Gasteiger partial charge in [-0.2, -0.15) is 0 Å². The molecule has 0 radical (unpaired) electrons. The molecule has 84 valence electrons. The highest BCUT2D eigenvalue weighted by atomic mass is 32.2. The van der Waals surface area contributed by atoms with E-state index in [0.29, 0.717) is 18.4 Å². The lowest BCUT2D eigenvalue weighted by Gasteiger charge is -2.14. The third-order valence-electron chi connectivity index (χ3n) is 1.88. The van der Waals surface area contributed by atoms with Crippen LogP contribution in [0.3, 0.4) is 0 Å². The molecule has 0 amide bonds. The molecule has 1 N–H and O–H groups in total. The molecule has 0 aliphatic rings. The minimum Gasteiger partial charge on any atom is -0.465 e. The SMILES string of the molecule is CCCC(CC)NSCC(=O)OCC. The number of ether oxygens (including phenoxy) is 1. The molecular formula is C10H21NO2S. The van der Waals surface area contributed by atoms with Crippen LogP contribution in [0.5, 0.6) is 0 Å². The van der Waals surface area contributed by atoms with Gasteiger partial charge in [0.05, 0.1) is 6.61 Å². The molecule has 0 aromatic carbocycles. The zero-order valence-corrected chi connectivity index (χ0v) is 10.2. The Morgan fingerprint density at radius 1 is 1.43 bits per heavy atom. The van der Waals surface area contributed by atoms with Crippen molar-refractivity contribution in [2.75, 3.05) is 12.4 Å². The van der Waals surface area contributed by atoms with Crippen LogP contribution < -0.4 is 4.72 Å². The first-order chi connectivity index (χ1) is 6.74. The van der Waals surface area contributed by atoms with Gasteiger partial charge in [0, 0.05) is 6.04 Å². The van der Waals surface area contributed by atoms with E-state index in [1.165, 1.54) is 18.4 Å². The first-order valence-corrected chi connectivity index (χ1v) is 6.26. The van der Waals surface area contributed by atoms with Gasteiger partial charge < -0.3 is 4.74 Å². The minimum atomic E-state index is -0.142. The molecule has 0 heterocycles. The van der Waals surface area contributed by atoms with Gasteiger partial charge in [-0.3, -0.25) is 9.52 Å². The van der Waals surface area contributed by atoms with E-state index in [2.05, 4.69) is 18.6 Å². The number of hydrogen-bond acceptors (Lipinski definition) is 4. The second-order valence-corrected chi connectivity index (χ2v) is 3.92. The van der Waals surface area contributed by atoms with E-state index < -0.39 is 0 Å². The summed E-state index contributed by atoms with van der Waals surface area (Å²) in [5, 5.41) is 0. The standard InChI is InChI=1S/C10H21NO2S/c1-4-7-9(5-2)11-14-8-10(12)13-6-3/h9,11H,4-8H2,1-3H3. The van der Waals surface area contributed by atoms with Gasteiger partial charge in [-0.05, 0) is 19.8 Å². The highest BCUT2D eigenvalue weighted by Gasteiger charge is 2.06. The molecule has 3 nitrogen and oxygen atoms in total.